The summed E-state index contributed by atoms with van der Waals surface area (Å²) in [5.41, 5.74) is 2.84. The van der Waals surface area contributed by atoms with Crippen molar-refractivity contribution in [1.29, 1.82) is 0 Å². The lowest BCUT2D eigenvalue weighted by molar-refractivity contribution is -0.129. The van der Waals surface area contributed by atoms with Crippen LogP contribution in [0.5, 0.6) is 0 Å². The van der Waals surface area contributed by atoms with Gasteiger partial charge in [-0.15, -0.1) is 0 Å². The van der Waals surface area contributed by atoms with E-state index in [9.17, 15) is 9.90 Å². The second-order valence-corrected chi connectivity index (χ2v) is 4.38. The molecule has 4 nitrogen and oxygen atoms in total. The first kappa shape index (κ1) is 14.7. The third-order valence-corrected chi connectivity index (χ3v) is 2.92. The van der Waals surface area contributed by atoms with Gasteiger partial charge in [-0.05, 0) is 37.0 Å². The Kier molecular flexibility index (Phi) is 5.82. The number of aryl methyl sites for hydroxylation is 2. The van der Waals surface area contributed by atoms with Gasteiger partial charge in [-0.3, -0.25) is 4.79 Å². The fraction of sp³-hybridized carbons (Fsp3) is 0.500. The van der Waals surface area contributed by atoms with Crippen LogP contribution in [0.4, 0.5) is 0 Å². The van der Waals surface area contributed by atoms with E-state index in [2.05, 4.69) is 5.32 Å². The lowest BCUT2D eigenvalue weighted by atomic mass is 10.0. The maximum atomic E-state index is 11.7. The SMILES string of the molecule is COCCCNC(=O)C(O)c1ccc(C)c(C)c1. The van der Waals surface area contributed by atoms with Crippen molar-refractivity contribution in [1.82, 2.24) is 5.32 Å². The average molecular weight is 251 g/mol. The zero-order valence-electron chi connectivity index (χ0n) is 11.2. The number of rotatable bonds is 6. The Morgan fingerprint density at radius 2 is 2.11 bits per heavy atom. The van der Waals surface area contributed by atoms with Crippen molar-refractivity contribution in [2.45, 2.75) is 26.4 Å². The number of hydrogen-bond donors (Lipinski definition) is 2. The summed E-state index contributed by atoms with van der Waals surface area (Å²) in [5.74, 6) is -0.366. The second kappa shape index (κ2) is 7.13. The molecule has 0 spiro atoms. The molecule has 0 saturated carbocycles. The Hall–Kier alpha value is -1.39. The lowest BCUT2D eigenvalue weighted by Gasteiger charge is -2.13. The minimum absolute atomic E-state index is 0.366. The standard InChI is InChI=1S/C14H21NO3/c1-10-5-6-12(9-11(10)2)13(16)14(17)15-7-4-8-18-3/h5-6,9,13,16H,4,7-8H2,1-3H3,(H,15,17). The summed E-state index contributed by atoms with van der Waals surface area (Å²) in [5, 5.41) is 12.6. The van der Waals surface area contributed by atoms with Crippen LogP contribution in [0.15, 0.2) is 18.2 Å². The number of carbonyl (C=O) groups excluding carboxylic acids is 1. The molecule has 1 amide bonds. The molecular weight excluding hydrogens is 230 g/mol. The van der Waals surface area contributed by atoms with E-state index < -0.39 is 6.10 Å². The summed E-state index contributed by atoms with van der Waals surface area (Å²) < 4.78 is 4.88. The average Bonchev–Trinajstić information content (AvgIpc) is 2.37. The molecule has 1 unspecified atom stereocenters. The van der Waals surface area contributed by atoms with E-state index in [0.29, 0.717) is 18.7 Å². The highest BCUT2D eigenvalue weighted by Gasteiger charge is 2.16. The van der Waals surface area contributed by atoms with Gasteiger partial charge in [-0.25, -0.2) is 0 Å². The van der Waals surface area contributed by atoms with Gasteiger partial charge in [0, 0.05) is 20.3 Å². The van der Waals surface area contributed by atoms with Crippen molar-refractivity contribution in [2.75, 3.05) is 20.3 Å². The quantitative estimate of drug-likeness (QED) is 0.753. The van der Waals surface area contributed by atoms with Crippen molar-refractivity contribution >= 4 is 5.91 Å². The van der Waals surface area contributed by atoms with Gasteiger partial charge in [0.25, 0.3) is 5.91 Å². The number of ether oxygens (including phenoxy) is 1. The van der Waals surface area contributed by atoms with Gasteiger partial charge in [0.2, 0.25) is 0 Å². The number of aliphatic hydroxyl groups excluding tert-OH is 1. The monoisotopic (exact) mass is 251 g/mol. The Balaban J connectivity index is 2.54. The van der Waals surface area contributed by atoms with Crippen LogP contribution >= 0.6 is 0 Å². The highest BCUT2D eigenvalue weighted by atomic mass is 16.5. The molecule has 0 aliphatic heterocycles. The number of aliphatic hydroxyl groups is 1. The Labute approximate surface area is 108 Å². The zero-order chi connectivity index (χ0) is 13.5. The first-order valence-corrected chi connectivity index (χ1v) is 6.08. The van der Waals surface area contributed by atoms with Crippen LogP contribution in [-0.2, 0) is 9.53 Å². The molecule has 0 fully saturated rings. The highest BCUT2D eigenvalue weighted by molar-refractivity contribution is 5.81. The van der Waals surface area contributed by atoms with Crippen molar-refractivity contribution in [3.05, 3.63) is 34.9 Å². The molecule has 1 aromatic rings. The van der Waals surface area contributed by atoms with Gasteiger partial charge in [0.15, 0.2) is 6.10 Å². The summed E-state index contributed by atoms with van der Waals surface area (Å²) in [4.78, 5) is 11.7. The van der Waals surface area contributed by atoms with E-state index in [1.54, 1.807) is 13.2 Å². The fourth-order valence-corrected chi connectivity index (χ4v) is 1.61. The highest BCUT2D eigenvalue weighted by Crippen LogP contribution is 2.17. The van der Waals surface area contributed by atoms with E-state index in [-0.39, 0.29) is 5.91 Å². The van der Waals surface area contributed by atoms with Gasteiger partial charge in [-0.1, -0.05) is 18.2 Å². The van der Waals surface area contributed by atoms with Gasteiger partial charge in [0.1, 0.15) is 0 Å². The summed E-state index contributed by atoms with van der Waals surface area (Å²) in [6, 6.07) is 5.53. The fourth-order valence-electron chi connectivity index (χ4n) is 1.61. The Morgan fingerprint density at radius 1 is 1.39 bits per heavy atom. The maximum absolute atomic E-state index is 11.7. The smallest absolute Gasteiger partial charge is 0.253 e. The first-order valence-electron chi connectivity index (χ1n) is 6.08. The topological polar surface area (TPSA) is 58.6 Å². The zero-order valence-corrected chi connectivity index (χ0v) is 11.2. The van der Waals surface area contributed by atoms with Crippen LogP contribution in [-0.4, -0.2) is 31.3 Å². The number of benzene rings is 1. The van der Waals surface area contributed by atoms with E-state index in [4.69, 9.17) is 4.74 Å². The van der Waals surface area contributed by atoms with Crippen molar-refractivity contribution < 1.29 is 14.6 Å². The molecule has 1 atom stereocenters. The van der Waals surface area contributed by atoms with Crippen molar-refractivity contribution in [3.63, 3.8) is 0 Å². The minimum Gasteiger partial charge on any atom is -0.385 e. The van der Waals surface area contributed by atoms with E-state index in [1.165, 1.54) is 0 Å². The molecule has 0 aliphatic carbocycles. The van der Waals surface area contributed by atoms with Gasteiger partial charge in [0.05, 0.1) is 0 Å². The van der Waals surface area contributed by atoms with Crippen molar-refractivity contribution in [2.24, 2.45) is 0 Å². The molecule has 0 aromatic heterocycles. The largest absolute Gasteiger partial charge is 0.385 e. The predicted octanol–water partition coefficient (Wildman–Crippen LogP) is 1.49. The van der Waals surface area contributed by atoms with Crippen LogP contribution in [0.2, 0.25) is 0 Å². The van der Waals surface area contributed by atoms with Crippen LogP contribution in [0, 0.1) is 13.8 Å². The van der Waals surface area contributed by atoms with Crippen LogP contribution in [0.1, 0.15) is 29.2 Å². The summed E-state index contributed by atoms with van der Waals surface area (Å²) in [6.07, 6.45) is -0.367. The summed E-state index contributed by atoms with van der Waals surface area (Å²) in [6.45, 7) is 5.06. The van der Waals surface area contributed by atoms with Crippen LogP contribution < -0.4 is 5.32 Å². The van der Waals surface area contributed by atoms with E-state index in [1.807, 2.05) is 26.0 Å². The molecule has 0 aliphatic rings. The van der Waals surface area contributed by atoms with Crippen LogP contribution in [0.3, 0.4) is 0 Å². The first-order chi connectivity index (χ1) is 8.56. The molecule has 18 heavy (non-hydrogen) atoms. The minimum atomic E-state index is -1.10. The van der Waals surface area contributed by atoms with Gasteiger partial charge >= 0.3 is 0 Å². The van der Waals surface area contributed by atoms with E-state index >= 15 is 0 Å². The molecule has 1 aromatic carbocycles. The molecule has 1 rings (SSSR count). The van der Waals surface area contributed by atoms with Gasteiger partial charge in [-0.2, -0.15) is 0 Å². The third-order valence-electron chi connectivity index (χ3n) is 2.92. The number of carbonyl (C=O) groups is 1. The number of hydrogen-bond acceptors (Lipinski definition) is 3. The predicted molar refractivity (Wildman–Crippen MR) is 70.4 cm³/mol. The Bertz CT molecular complexity index is 404. The van der Waals surface area contributed by atoms with Crippen molar-refractivity contribution in [3.8, 4) is 0 Å². The summed E-state index contributed by atoms with van der Waals surface area (Å²) >= 11 is 0. The molecule has 100 valence electrons. The lowest BCUT2D eigenvalue weighted by Crippen LogP contribution is -2.30. The third kappa shape index (κ3) is 4.13. The number of methoxy groups -OCH3 is 1. The molecule has 0 radical (unpaired) electrons. The van der Waals surface area contributed by atoms with E-state index in [0.717, 1.165) is 17.5 Å². The molecule has 0 heterocycles. The number of amides is 1. The van der Waals surface area contributed by atoms with Crippen LogP contribution in [0.25, 0.3) is 0 Å². The molecule has 0 bridgehead atoms. The Morgan fingerprint density at radius 3 is 2.72 bits per heavy atom. The molecule has 2 N–H and O–H groups in total. The second-order valence-electron chi connectivity index (χ2n) is 4.38. The molecule has 0 saturated heterocycles. The normalized spacial score (nSPS) is 12.2. The summed E-state index contributed by atoms with van der Waals surface area (Å²) in [7, 11) is 1.62. The van der Waals surface area contributed by atoms with Gasteiger partial charge < -0.3 is 15.2 Å². The molecular formula is C14H21NO3. The maximum Gasteiger partial charge on any atom is 0.253 e. The number of nitrogens with one attached hydrogen (secondary N) is 1. The molecule has 4 heteroatoms.